The van der Waals surface area contributed by atoms with Crippen LogP contribution in [0.1, 0.15) is 19.3 Å². The average Bonchev–Trinajstić information content (AvgIpc) is 2.87. The number of halogens is 1. The van der Waals surface area contributed by atoms with Crippen LogP contribution in [0.2, 0.25) is 5.28 Å². The van der Waals surface area contributed by atoms with Crippen molar-refractivity contribution in [2.24, 2.45) is 0 Å². The third kappa shape index (κ3) is 2.66. The van der Waals surface area contributed by atoms with Gasteiger partial charge in [0.1, 0.15) is 6.33 Å². The summed E-state index contributed by atoms with van der Waals surface area (Å²) in [5.41, 5.74) is -0.645. The second kappa shape index (κ2) is 4.75. The summed E-state index contributed by atoms with van der Waals surface area (Å²) in [7, 11) is 0. The van der Waals surface area contributed by atoms with Gasteiger partial charge in [0.25, 0.3) is 0 Å². The zero-order valence-corrected chi connectivity index (χ0v) is 10.9. The fourth-order valence-corrected chi connectivity index (χ4v) is 2.07. The number of aromatic nitrogens is 5. The Kier molecular flexibility index (Phi) is 3.08. The molecule has 0 aliphatic heterocycles. The van der Waals surface area contributed by atoms with Crippen molar-refractivity contribution in [2.45, 2.75) is 24.9 Å². The van der Waals surface area contributed by atoms with Crippen molar-refractivity contribution in [3.05, 3.63) is 24.0 Å². The fraction of sp³-hybridized carbons (Fsp3) is 0.455. The molecule has 19 heavy (non-hydrogen) atoms. The van der Waals surface area contributed by atoms with Crippen LogP contribution in [0.4, 0.5) is 5.95 Å². The maximum atomic E-state index is 10.0. The van der Waals surface area contributed by atoms with Crippen LogP contribution in [0.5, 0.6) is 0 Å². The van der Waals surface area contributed by atoms with E-state index in [1.165, 1.54) is 0 Å². The number of hydrogen-bond acceptors (Lipinski definition) is 6. The Morgan fingerprint density at radius 2 is 2.21 bits per heavy atom. The standard InChI is InChI=1S/C11H13ClN6O/c12-8-15-9(14-6-11(19)2-1-3-11)17-10(16-8)18-5-4-13-7-18/h4-5,7,19H,1-3,6H2,(H,14,15,16,17). The Balaban J connectivity index is 1.78. The summed E-state index contributed by atoms with van der Waals surface area (Å²) in [5, 5.41) is 13.1. The van der Waals surface area contributed by atoms with Crippen molar-refractivity contribution in [2.75, 3.05) is 11.9 Å². The minimum atomic E-state index is -0.645. The molecule has 1 fully saturated rings. The number of imidazole rings is 1. The Morgan fingerprint density at radius 1 is 1.37 bits per heavy atom. The van der Waals surface area contributed by atoms with Crippen molar-refractivity contribution in [1.82, 2.24) is 24.5 Å². The van der Waals surface area contributed by atoms with Crippen molar-refractivity contribution in [1.29, 1.82) is 0 Å². The summed E-state index contributed by atoms with van der Waals surface area (Å²) in [6.45, 7) is 0.413. The van der Waals surface area contributed by atoms with Gasteiger partial charge in [-0.2, -0.15) is 15.0 Å². The van der Waals surface area contributed by atoms with Gasteiger partial charge in [0.05, 0.1) is 5.60 Å². The van der Waals surface area contributed by atoms with Crippen LogP contribution < -0.4 is 5.32 Å². The zero-order valence-electron chi connectivity index (χ0n) is 10.1. The van der Waals surface area contributed by atoms with E-state index < -0.39 is 5.60 Å². The molecule has 7 nitrogen and oxygen atoms in total. The summed E-state index contributed by atoms with van der Waals surface area (Å²) < 4.78 is 1.64. The highest BCUT2D eigenvalue weighted by molar-refractivity contribution is 6.28. The SMILES string of the molecule is OC1(CNc2nc(Cl)nc(-n3ccnc3)n2)CCC1. The molecule has 1 saturated carbocycles. The van der Waals surface area contributed by atoms with Crippen LogP contribution in [0.3, 0.4) is 0 Å². The summed E-state index contributed by atoms with van der Waals surface area (Å²) in [5.74, 6) is 0.740. The first-order valence-corrected chi connectivity index (χ1v) is 6.39. The van der Waals surface area contributed by atoms with Gasteiger partial charge in [-0.25, -0.2) is 4.98 Å². The lowest BCUT2D eigenvalue weighted by atomic mass is 9.80. The van der Waals surface area contributed by atoms with Crippen LogP contribution in [-0.2, 0) is 0 Å². The van der Waals surface area contributed by atoms with Gasteiger partial charge in [-0.15, -0.1) is 0 Å². The largest absolute Gasteiger partial charge is 0.388 e. The number of rotatable bonds is 4. The highest BCUT2D eigenvalue weighted by atomic mass is 35.5. The monoisotopic (exact) mass is 280 g/mol. The van der Waals surface area contributed by atoms with E-state index in [0.717, 1.165) is 19.3 Å². The van der Waals surface area contributed by atoms with Gasteiger partial charge in [-0.3, -0.25) is 4.57 Å². The van der Waals surface area contributed by atoms with Crippen molar-refractivity contribution in [3.8, 4) is 5.95 Å². The van der Waals surface area contributed by atoms with Crippen molar-refractivity contribution < 1.29 is 5.11 Å². The predicted octanol–water partition coefficient (Wildman–Crippen LogP) is 1.04. The Hall–Kier alpha value is -1.73. The van der Waals surface area contributed by atoms with Crippen molar-refractivity contribution >= 4 is 17.5 Å². The Bertz CT molecular complexity index is 569. The lowest BCUT2D eigenvalue weighted by Gasteiger charge is -2.36. The van der Waals surface area contributed by atoms with E-state index in [1.54, 1.807) is 23.3 Å². The highest BCUT2D eigenvalue weighted by Crippen LogP contribution is 2.31. The average molecular weight is 281 g/mol. The van der Waals surface area contributed by atoms with Gasteiger partial charge in [0, 0.05) is 18.9 Å². The van der Waals surface area contributed by atoms with E-state index >= 15 is 0 Å². The van der Waals surface area contributed by atoms with Gasteiger partial charge in [0.15, 0.2) is 0 Å². The first kappa shape index (κ1) is 12.3. The van der Waals surface area contributed by atoms with E-state index in [4.69, 9.17) is 11.6 Å². The molecule has 1 aliphatic carbocycles. The number of aliphatic hydroxyl groups is 1. The number of nitrogens with zero attached hydrogens (tertiary/aromatic N) is 5. The van der Waals surface area contributed by atoms with Crippen molar-refractivity contribution in [3.63, 3.8) is 0 Å². The minimum Gasteiger partial charge on any atom is -0.388 e. The molecule has 2 aromatic rings. The fourth-order valence-electron chi connectivity index (χ4n) is 1.92. The summed E-state index contributed by atoms with van der Waals surface area (Å²) in [4.78, 5) is 16.2. The lowest BCUT2D eigenvalue weighted by molar-refractivity contribution is -0.0203. The third-order valence-electron chi connectivity index (χ3n) is 3.19. The molecule has 8 heteroatoms. The van der Waals surface area contributed by atoms with E-state index in [-0.39, 0.29) is 5.28 Å². The molecule has 2 N–H and O–H groups in total. The molecule has 0 unspecified atom stereocenters. The van der Waals surface area contributed by atoms with Gasteiger partial charge in [0.2, 0.25) is 17.2 Å². The summed E-state index contributed by atoms with van der Waals surface area (Å²) in [6, 6.07) is 0. The third-order valence-corrected chi connectivity index (χ3v) is 3.36. The molecule has 0 bridgehead atoms. The molecule has 0 aromatic carbocycles. The lowest BCUT2D eigenvalue weighted by Crippen LogP contribution is -2.43. The van der Waals surface area contributed by atoms with E-state index in [9.17, 15) is 5.11 Å². The molecule has 0 saturated heterocycles. The molecule has 0 amide bonds. The molecule has 3 rings (SSSR count). The van der Waals surface area contributed by atoms with Crippen LogP contribution in [0.25, 0.3) is 5.95 Å². The first-order valence-electron chi connectivity index (χ1n) is 6.01. The summed E-state index contributed by atoms with van der Waals surface area (Å²) >= 11 is 5.87. The van der Waals surface area contributed by atoms with Gasteiger partial charge in [-0.1, -0.05) is 0 Å². The van der Waals surface area contributed by atoms with Gasteiger partial charge in [-0.05, 0) is 30.9 Å². The van der Waals surface area contributed by atoms with E-state index in [2.05, 4.69) is 25.3 Å². The number of hydrogen-bond donors (Lipinski definition) is 2. The van der Waals surface area contributed by atoms with Crippen LogP contribution in [-0.4, -0.2) is 41.8 Å². The van der Waals surface area contributed by atoms with Crippen LogP contribution in [0, 0.1) is 0 Å². The molecule has 2 aromatic heterocycles. The van der Waals surface area contributed by atoms with Crippen LogP contribution >= 0.6 is 11.6 Å². The quantitative estimate of drug-likeness (QED) is 0.870. The van der Waals surface area contributed by atoms with Gasteiger partial charge >= 0.3 is 0 Å². The second-order valence-electron chi connectivity index (χ2n) is 4.63. The molecule has 2 heterocycles. The smallest absolute Gasteiger partial charge is 0.241 e. The Labute approximate surface area is 114 Å². The molecular formula is C11H13ClN6O. The molecular weight excluding hydrogens is 268 g/mol. The molecule has 0 radical (unpaired) electrons. The van der Waals surface area contributed by atoms with Gasteiger partial charge < -0.3 is 10.4 Å². The molecule has 100 valence electrons. The Morgan fingerprint density at radius 3 is 2.84 bits per heavy atom. The number of nitrogens with one attached hydrogen (secondary N) is 1. The molecule has 0 spiro atoms. The van der Waals surface area contributed by atoms with E-state index in [1.807, 2.05) is 0 Å². The minimum absolute atomic E-state index is 0.0989. The molecule has 1 aliphatic rings. The predicted molar refractivity (Wildman–Crippen MR) is 69.2 cm³/mol. The first-order chi connectivity index (χ1) is 9.15. The van der Waals surface area contributed by atoms with Crippen LogP contribution in [0.15, 0.2) is 18.7 Å². The molecule has 0 atom stereocenters. The summed E-state index contributed by atoms with van der Waals surface area (Å²) in [6.07, 6.45) is 7.57. The highest BCUT2D eigenvalue weighted by Gasteiger charge is 2.34. The maximum absolute atomic E-state index is 10.0. The topological polar surface area (TPSA) is 88.8 Å². The normalized spacial score (nSPS) is 16.9. The maximum Gasteiger partial charge on any atom is 0.241 e. The second-order valence-corrected chi connectivity index (χ2v) is 4.97. The number of anilines is 1. The zero-order chi connectivity index (χ0) is 13.3. The van der Waals surface area contributed by atoms with E-state index in [0.29, 0.717) is 18.4 Å².